The maximum absolute atomic E-state index is 12.4. The first-order valence-electron chi connectivity index (χ1n) is 9.62. The topological polar surface area (TPSA) is 48.0 Å². The third-order valence-electron chi connectivity index (χ3n) is 4.93. The van der Waals surface area contributed by atoms with E-state index in [1.54, 1.807) is 33.2 Å². The van der Waals surface area contributed by atoms with Crippen LogP contribution in [0.5, 0.6) is 17.2 Å². The zero-order valence-electron chi connectivity index (χ0n) is 17.6. The number of amides is 1. The van der Waals surface area contributed by atoms with Gasteiger partial charge in [-0.1, -0.05) is 43.3 Å². The average Bonchev–Trinajstić information content (AvgIpc) is 2.76. The Bertz CT molecular complexity index is 1010. The molecule has 1 amide bonds. The molecule has 0 fully saturated rings. The molecule has 0 radical (unpaired) electrons. The van der Waals surface area contributed by atoms with Gasteiger partial charge in [-0.25, -0.2) is 0 Å². The first-order chi connectivity index (χ1) is 14.0. The van der Waals surface area contributed by atoms with Crippen molar-refractivity contribution in [1.29, 1.82) is 0 Å². The molecule has 152 valence electrons. The van der Waals surface area contributed by atoms with E-state index in [2.05, 4.69) is 0 Å². The van der Waals surface area contributed by atoms with E-state index in [4.69, 9.17) is 14.2 Å². The van der Waals surface area contributed by atoms with Gasteiger partial charge in [0.15, 0.2) is 17.6 Å². The standard InChI is InChI=1S/C24H27NO4/c1-6-20(24(26)25(2)3)29-21-15-14-17(16-10-7-8-11-18(16)21)19-12-9-13-22(27-4)23(19)28-5/h7-15,20H,6H2,1-5H3. The number of carbonyl (C=O) groups is 1. The molecule has 3 aromatic carbocycles. The van der Waals surface area contributed by atoms with E-state index in [9.17, 15) is 4.79 Å². The Morgan fingerprint density at radius 2 is 1.59 bits per heavy atom. The molecule has 29 heavy (non-hydrogen) atoms. The van der Waals surface area contributed by atoms with E-state index in [0.29, 0.717) is 23.7 Å². The third-order valence-corrected chi connectivity index (χ3v) is 4.93. The van der Waals surface area contributed by atoms with Gasteiger partial charge in [0.05, 0.1) is 14.2 Å². The van der Waals surface area contributed by atoms with E-state index >= 15 is 0 Å². The number of carbonyl (C=O) groups excluding carboxylic acids is 1. The van der Waals surface area contributed by atoms with Crippen molar-refractivity contribution in [3.05, 3.63) is 54.6 Å². The summed E-state index contributed by atoms with van der Waals surface area (Å²) < 4.78 is 17.2. The fourth-order valence-corrected chi connectivity index (χ4v) is 3.46. The van der Waals surface area contributed by atoms with Crippen molar-refractivity contribution >= 4 is 16.7 Å². The van der Waals surface area contributed by atoms with E-state index in [-0.39, 0.29) is 5.91 Å². The van der Waals surface area contributed by atoms with E-state index in [1.807, 2.05) is 61.5 Å². The molecule has 5 nitrogen and oxygen atoms in total. The highest BCUT2D eigenvalue weighted by atomic mass is 16.5. The predicted molar refractivity (Wildman–Crippen MR) is 116 cm³/mol. The molecule has 0 bridgehead atoms. The third kappa shape index (κ3) is 3.99. The second-order valence-corrected chi connectivity index (χ2v) is 6.95. The SMILES string of the molecule is CCC(Oc1ccc(-c2cccc(OC)c2OC)c2ccccc12)C(=O)N(C)C. The number of methoxy groups -OCH3 is 2. The second-order valence-electron chi connectivity index (χ2n) is 6.95. The first-order valence-corrected chi connectivity index (χ1v) is 9.62. The van der Waals surface area contributed by atoms with Crippen molar-refractivity contribution in [2.75, 3.05) is 28.3 Å². The lowest BCUT2D eigenvalue weighted by molar-refractivity contribution is -0.136. The van der Waals surface area contributed by atoms with Crippen LogP contribution in [0, 0.1) is 0 Å². The van der Waals surface area contributed by atoms with Crippen LogP contribution in [0.15, 0.2) is 54.6 Å². The molecule has 1 unspecified atom stereocenters. The minimum absolute atomic E-state index is 0.0462. The number of benzene rings is 3. The molecule has 0 spiro atoms. The molecule has 0 saturated heterocycles. The zero-order chi connectivity index (χ0) is 21.0. The number of hydrogen-bond acceptors (Lipinski definition) is 4. The molecule has 0 aliphatic heterocycles. The molecule has 3 aromatic rings. The molecular weight excluding hydrogens is 366 g/mol. The summed E-state index contributed by atoms with van der Waals surface area (Å²) in [5.41, 5.74) is 1.95. The predicted octanol–water partition coefficient (Wildman–Crippen LogP) is 4.77. The highest BCUT2D eigenvalue weighted by Crippen LogP contribution is 2.42. The molecule has 0 aliphatic carbocycles. The Hall–Kier alpha value is -3.21. The van der Waals surface area contributed by atoms with Crippen LogP contribution in [-0.2, 0) is 4.79 Å². The van der Waals surface area contributed by atoms with Gasteiger partial charge in [-0.05, 0) is 35.6 Å². The van der Waals surface area contributed by atoms with Gasteiger partial charge in [0.1, 0.15) is 5.75 Å². The number of hydrogen-bond donors (Lipinski definition) is 0. The van der Waals surface area contributed by atoms with Crippen molar-refractivity contribution in [2.45, 2.75) is 19.4 Å². The summed E-state index contributed by atoms with van der Waals surface area (Å²) >= 11 is 0. The van der Waals surface area contributed by atoms with Crippen molar-refractivity contribution < 1.29 is 19.0 Å². The van der Waals surface area contributed by atoms with Crippen LogP contribution >= 0.6 is 0 Å². The number of likely N-dealkylation sites (N-methyl/N-ethyl adjacent to an activating group) is 1. The number of para-hydroxylation sites is 1. The minimum atomic E-state index is -0.523. The fraction of sp³-hybridized carbons (Fsp3) is 0.292. The van der Waals surface area contributed by atoms with E-state index in [1.165, 1.54) is 0 Å². The summed E-state index contributed by atoms with van der Waals surface area (Å²) in [7, 11) is 6.75. The van der Waals surface area contributed by atoms with Crippen LogP contribution in [0.2, 0.25) is 0 Å². The quantitative estimate of drug-likeness (QED) is 0.580. The van der Waals surface area contributed by atoms with Gasteiger partial charge in [-0.3, -0.25) is 4.79 Å². The summed E-state index contributed by atoms with van der Waals surface area (Å²) in [5, 5.41) is 1.96. The summed E-state index contributed by atoms with van der Waals surface area (Å²) in [6.45, 7) is 1.95. The van der Waals surface area contributed by atoms with Crippen LogP contribution in [0.3, 0.4) is 0 Å². The van der Waals surface area contributed by atoms with Gasteiger partial charge in [0, 0.05) is 25.0 Å². The maximum atomic E-state index is 12.4. The summed E-state index contributed by atoms with van der Waals surface area (Å²) in [6, 6.07) is 17.8. The molecule has 0 N–H and O–H groups in total. The lowest BCUT2D eigenvalue weighted by atomic mass is 9.96. The molecular formula is C24H27NO4. The molecule has 0 aliphatic rings. The highest BCUT2D eigenvalue weighted by Gasteiger charge is 2.22. The summed E-state index contributed by atoms with van der Waals surface area (Å²) in [4.78, 5) is 14.0. The normalized spacial score (nSPS) is 11.8. The van der Waals surface area contributed by atoms with Gasteiger partial charge >= 0.3 is 0 Å². The lowest BCUT2D eigenvalue weighted by Crippen LogP contribution is -2.37. The summed E-state index contributed by atoms with van der Waals surface area (Å²) in [6.07, 6.45) is 0.0715. The van der Waals surface area contributed by atoms with Crippen LogP contribution in [0.1, 0.15) is 13.3 Å². The lowest BCUT2D eigenvalue weighted by Gasteiger charge is -2.22. The highest BCUT2D eigenvalue weighted by molar-refractivity contribution is 6.01. The molecule has 0 heterocycles. The van der Waals surface area contributed by atoms with Crippen LogP contribution < -0.4 is 14.2 Å². The molecule has 5 heteroatoms. The smallest absolute Gasteiger partial charge is 0.263 e. The van der Waals surface area contributed by atoms with Gasteiger partial charge < -0.3 is 19.1 Å². The Morgan fingerprint density at radius 1 is 0.862 bits per heavy atom. The van der Waals surface area contributed by atoms with Crippen molar-refractivity contribution in [1.82, 2.24) is 4.90 Å². The Balaban J connectivity index is 2.13. The first kappa shape index (κ1) is 20.5. The Morgan fingerprint density at radius 3 is 2.21 bits per heavy atom. The molecule has 1 atom stereocenters. The Kier molecular flexibility index (Phi) is 6.27. The van der Waals surface area contributed by atoms with Crippen molar-refractivity contribution in [3.8, 4) is 28.4 Å². The van der Waals surface area contributed by atoms with Gasteiger partial charge in [0.2, 0.25) is 0 Å². The van der Waals surface area contributed by atoms with Crippen molar-refractivity contribution in [2.24, 2.45) is 0 Å². The van der Waals surface area contributed by atoms with Crippen LogP contribution in [0.4, 0.5) is 0 Å². The van der Waals surface area contributed by atoms with Crippen LogP contribution in [0.25, 0.3) is 21.9 Å². The average molecular weight is 393 g/mol. The number of nitrogens with zero attached hydrogens (tertiary/aromatic N) is 1. The molecule has 3 rings (SSSR count). The van der Waals surface area contributed by atoms with Gasteiger partial charge in [-0.2, -0.15) is 0 Å². The summed E-state index contributed by atoms with van der Waals surface area (Å²) in [5.74, 6) is 2.00. The van der Waals surface area contributed by atoms with E-state index in [0.717, 1.165) is 21.9 Å². The minimum Gasteiger partial charge on any atom is -0.493 e. The second kappa shape index (κ2) is 8.86. The zero-order valence-corrected chi connectivity index (χ0v) is 17.6. The molecule has 0 saturated carbocycles. The van der Waals surface area contributed by atoms with Crippen LogP contribution in [-0.4, -0.2) is 45.2 Å². The van der Waals surface area contributed by atoms with Gasteiger partial charge in [0.25, 0.3) is 5.91 Å². The fourth-order valence-electron chi connectivity index (χ4n) is 3.46. The maximum Gasteiger partial charge on any atom is 0.263 e. The monoisotopic (exact) mass is 393 g/mol. The van der Waals surface area contributed by atoms with Gasteiger partial charge in [-0.15, -0.1) is 0 Å². The largest absolute Gasteiger partial charge is 0.493 e. The number of fused-ring (bicyclic) bond motifs is 1. The number of ether oxygens (including phenoxy) is 3. The van der Waals surface area contributed by atoms with E-state index < -0.39 is 6.10 Å². The number of rotatable bonds is 7. The van der Waals surface area contributed by atoms with Crippen molar-refractivity contribution in [3.63, 3.8) is 0 Å². The molecule has 0 aromatic heterocycles. The Labute approximate surface area is 171 Å².